The molecule has 0 aliphatic carbocycles. The number of carbonyl (C=O) groups is 3. The number of nitrogens with zero attached hydrogens (tertiary/aromatic N) is 1. The van der Waals surface area contributed by atoms with Gasteiger partial charge >= 0.3 is 0 Å². The predicted molar refractivity (Wildman–Crippen MR) is 129 cm³/mol. The van der Waals surface area contributed by atoms with Crippen molar-refractivity contribution in [1.29, 1.82) is 0 Å². The highest BCUT2D eigenvalue weighted by molar-refractivity contribution is 6.30. The smallest absolute Gasteiger partial charge is 0.243 e. The molecule has 1 aromatic rings. The molecule has 4 N–H and O–H groups in total. The number of aliphatic hydroxyl groups excluding tert-OH is 1. The minimum atomic E-state index is -0.965. The summed E-state index contributed by atoms with van der Waals surface area (Å²) in [6, 6.07) is 4.70. The molecule has 2 rings (SSSR count). The molecule has 33 heavy (non-hydrogen) atoms. The number of benzene rings is 1. The average Bonchev–Trinajstić information content (AvgIpc) is 3.07. The number of hydrogen-bond donors (Lipinski definition) is 3. The Morgan fingerprint density at radius 2 is 1.94 bits per heavy atom. The van der Waals surface area contributed by atoms with Gasteiger partial charge in [-0.2, -0.15) is 0 Å². The zero-order chi connectivity index (χ0) is 25.1. The van der Waals surface area contributed by atoms with Crippen LogP contribution in [0.2, 0.25) is 5.02 Å². The molecule has 182 valence electrons. The van der Waals surface area contributed by atoms with Crippen molar-refractivity contribution < 1.29 is 19.5 Å². The molecule has 2 amide bonds. The highest BCUT2D eigenvalue weighted by Gasteiger charge is 2.43. The lowest BCUT2D eigenvalue weighted by molar-refractivity contribution is -0.146. The standard InChI is InChI=1S/C25H36ClN3O4/c1-14(2)22(21(31)9-15(3)27)24(33)29-13-18(30)11-20(29)23(32)28-12-16-7-8-17(26)10-19(16)25(4,5)6/h7-10,14,18,20,22,30H,11-13,27H2,1-6H3,(H,28,32). The van der Waals surface area contributed by atoms with E-state index in [1.807, 2.05) is 12.1 Å². The van der Waals surface area contributed by atoms with E-state index in [4.69, 9.17) is 17.3 Å². The number of amides is 2. The fourth-order valence-corrected chi connectivity index (χ4v) is 4.41. The van der Waals surface area contributed by atoms with Gasteiger partial charge in [-0.3, -0.25) is 14.4 Å². The third-order valence-electron chi connectivity index (χ3n) is 5.81. The van der Waals surface area contributed by atoms with Crippen LogP contribution in [0.4, 0.5) is 0 Å². The van der Waals surface area contributed by atoms with Crippen molar-refractivity contribution in [1.82, 2.24) is 10.2 Å². The molecule has 1 aliphatic rings. The lowest BCUT2D eigenvalue weighted by Crippen LogP contribution is -2.49. The summed E-state index contributed by atoms with van der Waals surface area (Å²) in [4.78, 5) is 40.4. The molecule has 0 bridgehead atoms. The zero-order valence-corrected chi connectivity index (χ0v) is 21.1. The van der Waals surface area contributed by atoms with Gasteiger partial charge in [-0.05, 0) is 41.5 Å². The molecule has 1 fully saturated rings. The summed E-state index contributed by atoms with van der Waals surface area (Å²) in [7, 11) is 0. The fraction of sp³-hybridized carbons (Fsp3) is 0.560. The van der Waals surface area contributed by atoms with E-state index in [1.165, 1.54) is 11.0 Å². The van der Waals surface area contributed by atoms with Crippen LogP contribution >= 0.6 is 11.6 Å². The van der Waals surface area contributed by atoms with Crippen LogP contribution in [0.5, 0.6) is 0 Å². The first-order chi connectivity index (χ1) is 15.2. The SMILES string of the molecule is CC(N)=CC(=O)C(C(=O)N1CC(O)CC1C(=O)NCc1ccc(Cl)cc1C(C)(C)C)C(C)C. The van der Waals surface area contributed by atoms with Crippen molar-refractivity contribution in [3.05, 3.63) is 46.1 Å². The Morgan fingerprint density at radius 3 is 2.48 bits per heavy atom. The van der Waals surface area contributed by atoms with Gasteiger partial charge in [0, 0.05) is 36.3 Å². The van der Waals surface area contributed by atoms with Gasteiger partial charge in [0.25, 0.3) is 0 Å². The van der Waals surface area contributed by atoms with Gasteiger partial charge < -0.3 is 21.1 Å². The zero-order valence-electron chi connectivity index (χ0n) is 20.3. The quantitative estimate of drug-likeness (QED) is 0.413. The maximum Gasteiger partial charge on any atom is 0.243 e. The van der Waals surface area contributed by atoms with E-state index in [-0.39, 0.29) is 36.8 Å². The molecule has 3 atom stereocenters. The molecule has 1 heterocycles. The summed E-state index contributed by atoms with van der Waals surface area (Å²) in [5.41, 5.74) is 7.72. The first kappa shape index (κ1) is 26.9. The van der Waals surface area contributed by atoms with Crippen LogP contribution in [0.15, 0.2) is 30.0 Å². The van der Waals surface area contributed by atoms with Crippen LogP contribution in [0, 0.1) is 11.8 Å². The number of likely N-dealkylation sites (tertiary alicyclic amines) is 1. The molecule has 1 saturated heterocycles. The molecule has 7 nitrogen and oxygen atoms in total. The summed E-state index contributed by atoms with van der Waals surface area (Å²) in [5.74, 6) is -2.48. The second-order valence-electron chi connectivity index (χ2n) is 10.2. The Bertz CT molecular complexity index is 932. The van der Waals surface area contributed by atoms with E-state index in [0.717, 1.165) is 11.1 Å². The second-order valence-corrected chi connectivity index (χ2v) is 10.6. The topological polar surface area (TPSA) is 113 Å². The van der Waals surface area contributed by atoms with E-state index < -0.39 is 29.8 Å². The number of ketones is 1. The van der Waals surface area contributed by atoms with Gasteiger partial charge in [0.05, 0.1) is 6.10 Å². The van der Waals surface area contributed by atoms with Crippen LogP contribution in [0.25, 0.3) is 0 Å². The van der Waals surface area contributed by atoms with E-state index in [0.29, 0.717) is 10.7 Å². The molecule has 0 radical (unpaired) electrons. The number of carbonyl (C=O) groups excluding carboxylic acids is 3. The maximum absolute atomic E-state index is 13.3. The monoisotopic (exact) mass is 477 g/mol. The molecule has 0 aromatic heterocycles. The molecule has 8 heteroatoms. The largest absolute Gasteiger partial charge is 0.402 e. The van der Waals surface area contributed by atoms with Crippen LogP contribution in [0.3, 0.4) is 0 Å². The van der Waals surface area contributed by atoms with Crippen molar-refractivity contribution in [3.63, 3.8) is 0 Å². The highest BCUT2D eigenvalue weighted by Crippen LogP contribution is 2.29. The second kappa shape index (κ2) is 10.7. The first-order valence-corrected chi connectivity index (χ1v) is 11.6. The number of nitrogens with one attached hydrogen (secondary N) is 1. The van der Waals surface area contributed by atoms with Crippen LogP contribution in [-0.2, 0) is 26.3 Å². The third kappa shape index (κ3) is 6.81. The summed E-state index contributed by atoms with van der Waals surface area (Å²) >= 11 is 6.17. The third-order valence-corrected chi connectivity index (χ3v) is 6.04. The summed E-state index contributed by atoms with van der Waals surface area (Å²) in [5, 5.41) is 13.8. The highest BCUT2D eigenvalue weighted by atomic mass is 35.5. The lowest BCUT2D eigenvalue weighted by Gasteiger charge is -2.29. The number of rotatable bonds is 7. The molecule has 1 aromatic carbocycles. The Morgan fingerprint density at radius 1 is 1.30 bits per heavy atom. The summed E-state index contributed by atoms with van der Waals surface area (Å²) in [6.07, 6.45) is 0.536. The van der Waals surface area contributed by atoms with Crippen LogP contribution in [-0.4, -0.2) is 46.3 Å². The van der Waals surface area contributed by atoms with Crippen LogP contribution < -0.4 is 11.1 Å². The van der Waals surface area contributed by atoms with Crippen LogP contribution in [0.1, 0.15) is 59.1 Å². The molecular formula is C25H36ClN3O4. The van der Waals surface area contributed by atoms with E-state index in [1.54, 1.807) is 26.8 Å². The van der Waals surface area contributed by atoms with Crippen molar-refractivity contribution in [2.75, 3.05) is 6.54 Å². The minimum absolute atomic E-state index is 0.00687. The van der Waals surface area contributed by atoms with Crippen molar-refractivity contribution in [2.24, 2.45) is 17.6 Å². The van der Waals surface area contributed by atoms with E-state index in [9.17, 15) is 19.5 Å². The summed E-state index contributed by atoms with van der Waals surface area (Å²) in [6.45, 7) is 11.6. The average molecular weight is 478 g/mol. The van der Waals surface area contributed by atoms with Crippen molar-refractivity contribution in [3.8, 4) is 0 Å². The Kier molecular flexibility index (Phi) is 8.71. The van der Waals surface area contributed by atoms with E-state index >= 15 is 0 Å². The Balaban J connectivity index is 2.22. The molecule has 0 saturated carbocycles. The number of hydrogen-bond acceptors (Lipinski definition) is 5. The number of halogens is 1. The van der Waals surface area contributed by atoms with Gasteiger partial charge in [0.1, 0.15) is 12.0 Å². The normalized spacial score (nSPS) is 20.2. The predicted octanol–water partition coefficient (Wildman–Crippen LogP) is 2.92. The Hall–Kier alpha value is -2.38. The molecule has 1 aliphatic heterocycles. The number of aliphatic hydroxyl groups is 1. The lowest BCUT2D eigenvalue weighted by atomic mass is 9.83. The number of allylic oxidation sites excluding steroid dienone is 2. The molecule has 3 unspecified atom stereocenters. The first-order valence-electron chi connectivity index (χ1n) is 11.2. The Labute approximate surface area is 201 Å². The van der Waals surface area contributed by atoms with Gasteiger partial charge in [0.15, 0.2) is 5.78 Å². The molecule has 0 spiro atoms. The van der Waals surface area contributed by atoms with Crippen molar-refractivity contribution in [2.45, 2.75) is 72.1 Å². The maximum atomic E-state index is 13.3. The number of nitrogens with two attached hydrogens (primary N) is 1. The van der Waals surface area contributed by atoms with Gasteiger partial charge in [-0.25, -0.2) is 0 Å². The van der Waals surface area contributed by atoms with Gasteiger partial charge in [-0.15, -0.1) is 0 Å². The summed E-state index contributed by atoms with van der Waals surface area (Å²) < 4.78 is 0. The fourth-order valence-electron chi connectivity index (χ4n) is 4.24. The van der Waals surface area contributed by atoms with Crippen molar-refractivity contribution >= 4 is 29.2 Å². The van der Waals surface area contributed by atoms with E-state index in [2.05, 4.69) is 26.1 Å². The minimum Gasteiger partial charge on any atom is -0.402 e. The van der Waals surface area contributed by atoms with Gasteiger partial charge in [0.2, 0.25) is 11.8 Å². The van der Waals surface area contributed by atoms with Gasteiger partial charge in [-0.1, -0.05) is 52.3 Å². The number of β-amino-alcohol motifs (C(OH)–C–C–N with tert-alkyl or cyclic N) is 1. The molecular weight excluding hydrogens is 442 g/mol.